The number of hydrogen-bond donors (Lipinski definition) is 2. The van der Waals surface area contributed by atoms with Crippen molar-refractivity contribution in [1.29, 1.82) is 0 Å². The quantitative estimate of drug-likeness (QED) is 0.372. The predicted molar refractivity (Wildman–Crippen MR) is 80.8 cm³/mol. The number of nitrogens with zero attached hydrogens (tertiary/aromatic N) is 3. The summed E-state index contributed by atoms with van der Waals surface area (Å²) in [6.45, 7) is 3.88. The van der Waals surface area contributed by atoms with Crippen molar-refractivity contribution in [2.24, 2.45) is 16.8 Å². The van der Waals surface area contributed by atoms with Gasteiger partial charge in [-0.3, -0.25) is 0 Å². The van der Waals surface area contributed by atoms with Crippen LogP contribution in [0.15, 0.2) is 23.4 Å². The van der Waals surface area contributed by atoms with E-state index in [9.17, 15) is 4.39 Å². The van der Waals surface area contributed by atoms with Gasteiger partial charge in [0.2, 0.25) is 0 Å². The van der Waals surface area contributed by atoms with Gasteiger partial charge in [0, 0.05) is 25.2 Å². The zero-order valence-electron chi connectivity index (χ0n) is 12.6. The SMILES string of the molecule is CN1CCC(CN(C)Cc2ccc(F)cc2C(N)=NO)C1. The van der Waals surface area contributed by atoms with E-state index in [1.165, 1.54) is 18.6 Å². The summed E-state index contributed by atoms with van der Waals surface area (Å²) < 4.78 is 13.3. The van der Waals surface area contributed by atoms with Crippen molar-refractivity contribution in [2.75, 3.05) is 33.7 Å². The van der Waals surface area contributed by atoms with Gasteiger partial charge in [0.15, 0.2) is 5.84 Å². The van der Waals surface area contributed by atoms with Crippen LogP contribution in [0.5, 0.6) is 0 Å². The molecule has 0 bridgehead atoms. The highest BCUT2D eigenvalue weighted by atomic mass is 19.1. The Morgan fingerprint density at radius 1 is 1.57 bits per heavy atom. The van der Waals surface area contributed by atoms with Gasteiger partial charge in [0.25, 0.3) is 0 Å². The minimum atomic E-state index is -0.388. The Hall–Kier alpha value is -1.66. The van der Waals surface area contributed by atoms with Gasteiger partial charge in [-0.2, -0.15) is 0 Å². The molecule has 0 aliphatic carbocycles. The number of rotatable bonds is 5. The van der Waals surface area contributed by atoms with Gasteiger partial charge in [0.05, 0.1) is 0 Å². The molecule has 1 aliphatic heterocycles. The van der Waals surface area contributed by atoms with E-state index in [1.54, 1.807) is 6.07 Å². The Balaban J connectivity index is 2.04. The maximum absolute atomic E-state index is 13.3. The van der Waals surface area contributed by atoms with Crippen molar-refractivity contribution in [3.8, 4) is 0 Å². The number of amidine groups is 1. The third-order valence-electron chi connectivity index (χ3n) is 3.95. The standard InChI is InChI=1S/C15H23FN4O/c1-19-6-5-11(8-19)9-20(2)10-12-3-4-13(16)7-14(12)15(17)18-21/h3-4,7,11,21H,5-6,8-10H2,1-2H3,(H2,17,18). The minimum absolute atomic E-state index is 0.0569. The lowest BCUT2D eigenvalue weighted by Gasteiger charge is -2.22. The van der Waals surface area contributed by atoms with Crippen LogP contribution in [0.4, 0.5) is 4.39 Å². The highest BCUT2D eigenvalue weighted by molar-refractivity contribution is 5.98. The molecule has 1 fully saturated rings. The van der Waals surface area contributed by atoms with Gasteiger partial charge in [-0.15, -0.1) is 0 Å². The molecule has 5 nitrogen and oxygen atoms in total. The summed E-state index contributed by atoms with van der Waals surface area (Å²) in [6, 6.07) is 4.40. The van der Waals surface area contributed by atoms with Crippen molar-refractivity contribution in [2.45, 2.75) is 13.0 Å². The molecule has 0 radical (unpaired) electrons. The Morgan fingerprint density at radius 3 is 2.95 bits per heavy atom. The summed E-state index contributed by atoms with van der Waals surface area (Å²) in [5.41, 5.74) is 6.94. The second-order valence-corrected chi connectivity index (χ2v) is 5.90. The molecule has 1 aliphatic rings. The molecule has 0 spiro atoms. The smallest absolute Gasteiger partial charge is 0.170 e. The fourth-order valence-corrected chi connectivity index (χ4v) is 2.95. The number of oxime groups is 1. The molecule has 1 aromatic carbocycles. The third kappa shape index (κ3) is 4.15. The lowest BCUT2D eigenvalue weighted by atomic mass is 10.0. The topological polar surface area (TPSA) is 65.1 Å². The lowest BCUT2D eigenvalue weighted by molar-refractivity contribution is 0.267. The van der Waals surface area contributed by atoms with Crippen LogP contribution in [-0.2, 0) is 6.54 Å². The van der Waals surface area contributed by atoms with E-state index >= 15 is 0 Å². The summed E-state index contributed by atoms with van der Waals surface area (Å²) in [7, 11) is 4.17. The van der Waals surface area contributed by atoms with E-state index in [1.807, 2.05) is 7.05 Å². The van der Waals surface area contributed by atoms with Crippen LogP contribution in [-0.4, -0.2) is 54.6 Å². The zero-order chi connectivity index (χ0) is 15.4. The molecule has 0 saturated carbocycles. The molecule has 116 valence electrons. The molecule has 6 heteroatoms. The van der Waals surface area contributed by atoms with Crippen LogP contribution >= 0.6 is 0 Å². The Morgan fingerprint density at radius 2 is 2.33 bits per heavy atom. The molecule has 3 N–H and O–H groups in total. The molecule has 1 aromatic rings. The average molecular weight is 294 g/mol. The Kier molecular flexibility index (Phi) is 5.14. The number of nitrogens with two attached hydrogens (primary N) is 1. The second-order valence-electron chi connectivity index (χ2n) is 5.90. The number of benzene rings is 1. The molecule has 2 rings (SSSR count). The largest absolute Gasteiger partial charge is 0.409 e. The summed E-state index contributed by atoms with van der Waals surface area (Å²) in [5, 5.41) is 11.8. The first kappa shape index (κ1) is 15.7. The highest BCUT2D eigenvalue weighted by Gasteiger charge is 2.21. The van der Waals surface area contributed by atoms with Crippen LogP contribution in [0.25, 0.3) is 0 Å². The third-order valence-corrected chi connectivity index (χ3v) is 3.95. The van der Waals surface area contributed by atoms with Crippen molar-refractivity contribution < 1.29 is 9.60 Å². The van der Waals surface area contributed by atoms with E-state index < -0.39 is 0 Å². The Bertz CT molecular complexity index is 520. The van der Waals surface area contributed by atoms with Gasteiger partial charge >= 0.3 is 0 Å². The summed E-state index contributed by atoms with van der Waals surface area (Å²) in [4.78, 5) is 4.53. The number of halogens is 1. The first-order chi connectivity index (χ1) is 9.99. The predicted octanol–water partition coefficient (Wildman–Crippen LogP) is 1.30. The van der Waals surface area contributed by atoms with Gasteiger partial charge in [-0.25, -0.2) is 4.39 Å². The van der Waals surface area contributed by atoms with Crippen molar-refractivity contribution in [1.82, 2.24) is 9.80 Å². The van der Waals surface area contributed by atoms with Crippen LogP contribution in [0.3, 0.4) is 0 Å². The van der Waals surface area contributed by atoms with E-state index in [4.69, 9.17) is 10.9 Å². The zero-order valence-corrected chi connectivity index (χ0v) is 12.6. The summed E-state index contributed by atoms with van der Waals surface area (Å²) in [6.07, 6.45) is 1.21. The Labute approximate surface area is 124 Å². The molecular weight excluding hydrogens is 271 g/mol. The monoisotopic (exact) mass is 294 g/mol. The maximum Gasteiger partial charge on any atom is 0.170 e. The fraction of sp³-hybridized carbons (Fsp3) is 0.533. The van der Waals surface area contributed by atoms with Crippen LogP contribution < -0.4 is 5.73 Å². The van der Waals surface area contributed by atoms with Crippen LogP contribution in [0, 0.1) is 11.7 Å². The minimum Gasteiger partial charge on any atom is -0.409 e. The fourth-order valence-electron chi connectivity index (χ4n) is 2.95. The van der Waals surface area contributed by atoms with E-state index in [2.05, 4.69) is 22.0 Å². The molecule has 21 heavy (non-hydrogen) atoms. The van der Waals surface area contributed by atoms with E-state index in [-0.39, 0.29) is 11.7 Å². The normalized spacial score (nSPS) is 20.4. The summed E-state index contributed by atoms with van der Waals surface area (Å²) >= 11 is 0. The highest BCUT2D eigenvalue weighted by Crippen LogP contribution is 2.18. The maximum atomic E-state index is 13.3. The first-order valence-electron chi connectivity index (χ1n) is 7.13. The molecular formula is C15H23FN4O. The van der Waals surface area contributed by atoms with E-state index in [0.717, 1.165) is 25.2 Å². The van der Waals surface area contributed by atoms with Crippen molar-refractivity contribution in [3.63, 3.8) is 0 Å². The van der Waals surface area contributed by atoms with Crippen molar-refractivity contribution in [3.05, 3.63) is 35.1 Å². The number of hydrogen-bond acceptors (Lipinski definition) is 4. The molecule has 1 unspecified atom stereocenters. The molecule has 0 aromatic heterocycles. The molecule has 1 saturated heterocycles. The van der Waals surface area contributed by atoms with Gasteiger partial charge in [0.1, 0.15) is 5.82 Å². The van der Waals surface area contributed by atoms with Crippen LogP contribution in [0.1, 0.15) is 17.5 Å². The summed E-state index contributed by atoms with van der Waals surface area (Å²) in [5.74, 6) is 0.215. The van der Waals surface area contributed by atoms with Crippen LogP contribution in [0.2, 0.25) is 0 Å². The number of likely N-dealkylation sites (tertiary alicyclic amines) is 1. The molecule has 1 atom stereocenters. The van der Waals surface area contributed by atoms with Gasteiger partial charge in [-0.1, -0.05) is 11.2 Å². The first-order valence-corrected chi connectivity index (χ1v) is 7.13. The molecule has 0 amide bonds. The molecule has 1 heterocycles. The van der Waals surface area contributed by atoms with E-state index in [0.29, 0.717) is 18.0 Å². The average Bonchev–Trinajstić information content (AvgIpc) is 2.85. The lowest BCUT2D eigenvalue weighted by Crippen LogP contribution is -2.28. The van der Waals surface area contributed by atoms with Gasteiger partial charge in [-0.05, 0) is 50.7 Å². The van der Waals surface area contributed by atoms with Gasteiger partial charge < -0.3 is 20.7 Å². The second kappa shape index (κ2) is 6.87. The van der Waals surface area contributed by atoms with Crippen molar-refractivity contribution >= 4 is 5.84 Å².